The molecule has 4 rings (SSSR count). The molecule has 8 heteroatoms. The Morgan fingerprint density at radius 1 is 1.15 bits per heavy atom. The summed E-state index contributed by atoms with van der Waals surface area (Å²) in [6.45, 7) is 1.45. The number of hydrogen-bond donors (Lipinski definition) is 2. The van der Waals surface area contributed by atoms with Gasteiger partial charge in [-0.15, -0.1) is 0 Å². The summed E-state index contributed by atoms with van der Waals surface area (Å²) in [5, 5.41) is 9.90. The first-order chi connectivity index (χ1) is 13.1. The smallest absolute Gasteiger partial charge is 0.275 e. The number of fused-ring (bicyclic) bond motifs is 1. The molecule has 3 aromatic rings. The lowest BCUT2D eigenvalue weighted by molar-refractivity contribution is -0.114. The van der Waals surface area contributed by atoms with Gasteiger partial charge < -0.3 is 10.2 Å². The lowest BCUT2D eigenvalue weighted by atomic mass is 10.0. The van der Waals surface area contributed by atoms with Crippen molar-refractivity contribution in [3.05, 3.63) is 54.1 Å². The van der Waals surface area contributed by atoms with Gasteiger partial charge in [-0.3, -0.25) is 14.9 Å². The number of carbonyl (C=O) groups is 2. The Kier molecular flexibility index (Phi) is 4.55. The van der Waals surface area contributed by atoms with Gasteiger partial charge in [-0.1, -0.05) is 46.8 Å². The number of carbonyl (C=O) groups excluding carboxylic acids is 2. The first-order valence-corrected chi connectivity index (χ1v) is 9.17. The van der Waals surface area contributed by atoms with E-state index in [1.165, 1.54) is 18.3 Å². The number of nitrogens with zero attached hydrogens (tertiary/aromatic N) is 2. The zero-order chi connectivity index (χ0) is 18.8. The molecule has 1 aliphatic rings. The van der Waals surface area contributed by atoms with Gasteiger partial charge in [0, 0.05) is 19.0 Å². The monoisotopic (exact) mass is 380 g/mol. The predicted molar refractivity (Wildman–Crippen MR) is 105 cm³/mol. The van der Waals surface area contributed by atoms with Crippen LogP contribution in [0.5, 0.6) is 0 Å². The second-order valence-corrected chi connectivity index (χ2v) is 7.11. The molecule has 0 radical (unpaired) electrons. The van der Waals surface area contributed by atoms with Gasteiger partial charge in [0.25, 0.3) is 5.91 Å². The lowest BCUT2D eigenvalue weighted by Gasteiger charge is -2.07. The van der Waals surface area contributed by atoms with Crippen molar-refractivity contribution in [1.82, 2.24) is 4.98 Å². The molecule has 0 saturated heterocycles. The van der Waals surface area contributed by atoms with E-state index in [0.29, 0.717) is 23.0 Å². The molecule has 1 atom stereocenters. The molecule has 27 heavy (non-hydrogen) atoms. The summed E-state index contributed by atoms with van der Waals surface area (Å²) in [4.78, 5) is 33.4. The van der Waals surface area contributed by atoms with Crippen LogP contribution < -0.4 is 10.6 Å². The van der Waals surface area contributed by atoms with Crippen LogP contribution in [0.1, 0.15) is 25.0 Å². The molecule has 0 bridgehead atoms. The van der Waals surface area contributed by atoms with Crippen LogP contribution in [0.3, 0.4) is 0 Å². The molecule has 1 aromatic heterocycles. The molecule has 0 spiro atoms. The molecule has 2 N–H and O–H groups in total. The predicted octanol–water partition coefficient (Wildman–Crippen LogP) is 3.71. The summed E-state index contributed by atoms with van der Waals surface area (Å²) in [6, 6.07) is 15.1. The van der Waals surface area contributed by atoms with Gasteiger partial charge in [0.05, 0.1) is 10.2 Å². The first-order valence-electron chi connectivity index (χ1n) is 8.35. The molecule has 1 aliphatic heterocycles. The number of rotatable bonds is 4. The number of aromatic nitrogens is 1. The Morgan fingerprint density at radius 3 is 2.74 bits per heavy atom. The number of oxime groups is 1. The van der Waals surface area contributed by atoms with Gasteiger partial charge in [-0.25, -0.2) is 4.98 Å². The van der Waals surface area contributed by atoms with Gasteiger partial charge >= 0.3 is 0 Å². The van der Waals surface area contributed by atoms with E-state index in [2.05, 4.69) is 20.8 Å². The van der Waals surface area contributed by atoms with Crippen molar-refractivity contribution in [3.63, 3.8) is 0 Å². The van der Waals surface area contributed by atoms with Gasteiger partial charge in [-0.2, -0.15) is 0 Å². The minimum atomic E-state index is -0.324. The average molecular weight is 380 g/mol. The molecule has 0 fully saturated rings. The standard InChI is InChI=1S/C19H16N4O3S/c1-11(24)20-13-7-8-14-17(9-13)27-19(21-14)22-18(25)15-10-16(26-23-15)12-5-3-2-4-6-12/h2-9,16H,10H2,1H3,(H,20,24)(H,21,22,25). The fourth-order valence-electron chi connectivity index (χ4n) is 2.79. The van der Waals surface area contributed by atoms with E-state index < -0.39 is 0 Å². The fraction of sp³-hybridized carbons (Fsp3) is 0.158. The maximum absolute atomic E-state index is 12.5. The Labute approximate surface area is 159 Å². The topological polar surface area (TPSA) is 92.7 Å². The minimum Gasteiger partial charge on any atom is -0.387 e. The van der Waals surface area contributed by atoms with E-state index in [1.807, 2.05) is 36.4 Å². The third-order valence-corrected chi connectivity index (χ3v) is 4.97. The van der Waals surface area contributed by atoms with Gasteiger partial charge in [0.15, 0.2) is 11.2 Å². The van der Waals surface area contributed by atoms with Crippen molar-refractivity contribution < 1.29 is 14.4 Å². The third kappa shape index (κ3) is 3.80. The Bertz CT molecular complexity index is 1050. The normalized spacial score (nSPS) is 15.9. The van der Waals surface area contributed by atoms with Crippen molar-refractivity contribution in [2.45, 2.75) is 19.4 Å². The van der Waals surface area contributed by atoms with Crippen LogP contribution in [-0.2, 0) is 14.4 Å². The SMILES string of the molecule is CC(=O)Nc1ccc2nc(NC(=O)C3=NOC(c4ccccc4)C3)sc2c1. The van der Waals surface area contributed by atoms with Crippen molar-refractivity contribution >= 4 is 49.9 Å². The Balaban J connectivity index is 1.44. The number of anilines is 2. The molecule has 7 nitrogen and oxygen atoms in total. The highest BCUT2D eigenvalue weighted by molar-refractivity contribution is 7.22. The van der Waals surface area contributed by atoms with E-state index >= 15 is 0 Å². The van der Waals surface area contributed by atoms with E-state index in [1.54, 1.807) is 12.1 Å². The second kappa shape index (κ2) is 7.16. The molecular formula is C19H16N4O3S. The van der Waals surface area contributed by atoms with Crippen molar-refractivity contribution in [3.8, 4) is 0 Å². The van der Waals surface area contributed by atoms with Crippen LogP contribution in [0.25, 0.3) is 10.2 Å². The summed E-state index contributed by atoms with van der Waals surface area (Å²) in [5.41, 5.74) is 2.75. The highest BCUT2D eigenvalue weighted by Gasteiger charge is 2.27. The van der Waals surface area contributed by atoms with Crippen molar-refractivity contribution in [2.24, 2.45) is 5.16 Å². The molecule has 136 valence electrons. The average Bonchev–Trinajstić information content (AvgIpc) is 3.28. The molecular weight excluding hydrogens is 364 g/mol. The Hall–Kier alpha value is -3.26. The highest BCUT2D eigenvalue weighted by atomic mass is 32.1. The fourth-order valence-corrected chi connectivity index (χ4v) is 3.69. The number of benzene rings is 2. The molecule has 2 aromatic carbocycles. The van der Waals surface area contributed by atoms with Gasteiger partial charge in [0.1, 0.15) is 5.71 Å². The number of hydrogen-bond acceptors (Lipinski definition) is 6. The van der Waals surface area contributed by atoms with E-state index in [4.69, 9.17) is 4.84 Å². The quantitative estimate of drug-likeness (QED) is 0.722. The van der Waals surface area contributed by atoms with Crippen molar-refractivity contribution in [2.75, 3.05) is 10.6 Å². The zero-order valence-electron chi connectivity index (χ0n) is 14.4. The molecule has 0 aliphatic carbocycles. The number of thiazole rings is 1. The molecule has 2 amide bonds. The number of amides is 2. The van der Waals surface area contributed by atoms with E-state index in [9.17, 15) is 9.59 Å². The Morgan fingerprint density at radius 2 is 1.96 bits per heavy atom. The summed E-state index contributed by atoms with van der Waals surface area (Å²) in [7, 11) is 0. The highest BCUT2D eigenvalue weighted by Crippen LogP contribution is 2.30. The van der Waals surface area contributed by atoms with Crippen LogP contribution in [0.2, 0.25) is 0 Å². The summed E-state index contributed by atoms with van der Waals surface area (Å²) in [6.07, 6.45) is 0.162. The largest absolute Gasteiger partial charge is 0.387 e. The van der Waals surface area contributed by atoms with Crippen LogP contribution in [0, 0.1) is 0 Å². The van der Waals surface area contributed by atoms with Gasteiger partial charge in [-0.05, 0) is 23.8 Å². The molecule has 0 saturated carbocycles. The lowest BCUT2D eigenvalue weighted by Crippen LogP contribution is -2.21. The minimum absolute atomic E-state index is 0.139. The second-order valence-electron chi connectivity index (χ2n) is 6.08. The zero-order valence-corrected chi connectivity index (χ0v) is 15.2. The van der Waals surface area contributed by atoms with E-state index in [-0.39, 0.29) is 17.9 Å². The van der Waals surface area contributed by atoms with Crippen LogP contribution in [0.15, 0.2) is 53.7 Å². The van der Waals surface area contributed by atoms with Gasteiger partial charge in [0.2, 0.25) is 5.91 Å². The summed E-state index contributed by atoms with van der Waals surface area (Å²) in [5.74, 6) is -0.464. The summed E-state index contributed by atoms with van der Waals surface area (Å²) >= 11 is 1.33. The van der Waals surface area contributed by atoms with E-state index in [0.717, 1.165) is 15.8 Å². The maximum Gasteiger partial charge on any atom is 0.275 e. The van der Waals surface area contributed by atoms with Crippen molar-refractivity contribution in [1.29, 1.82) is 0 Å². The first kappa shape index (κ1) is 17.2. The van der Waals surface area contributed by atoms with Crippen LogP contribution >= 0.6 is 11.3 Å². The molecule has 2 heterocycles. The maximum atomic E-state index is 12.5. The molecule has 1 unspecified atom stereocenters. The third-order valence-electron chi connectivity index (χ3n) is 4.03. The number of nitrogens with one attached hydrogen (secondary N) is 2. The van der Waals surface area contributed by atoms with Crippen LogP contribution in [0.4, 0.5) is 10.8 Å². The van der Waals surface area contributed by atoms with Crippen LogP contribution in [-0.4, -0.2) is 22.5 Å². The summed E-state index contributed by atoms with van der Waals surface area (Å²) < 4.78 is 0.864.